The molecule has 2 amide bonds. The first-order valence-electron chi connectivity index (χ1n) is 8.24. The second kappa shape index (κ2) is 8.84. The van der Waals surface area contributed by atoms with Crippen LogP contribution >= 0.6 is 0 Å². The molecular weight excluding hydrogens is 356 g/mol. The lowest BCUT2D eigenvalue weighted by atomic mass is 10.0. The molecule has 0 fully saturated rings. The highest BCUT2D eigenvalue weighted by Crippen LogP contribution is 2.28. The summed E-state index contributed by atoms with van der Waals surface area (Å²) in [7, 11) is 0. The van der Waals surface area contributed by atoms with E-state index in [1.807, 2.05) is 6.92 Å². The molecule has 1 aromatic carbocycles. The van der Waals surface area contributed by atoms with Crippen LogP contribution in [0.5, 0.6) is 5.75 Å². The van der Waals surface area contributed by atoms with Crippen molar-refractivity contribution in [2.45, 2.75) is 20.3 Å². The van der Waals surface area contributed by atoms with E-state index in [9.17, 15) is 24.3 Å². The van der Waals surface area contributed by atoms with Crippen LogP contribution in [0.1, 0.15) is 18.1 Å². The molecule has 9 nitrogen and oxygen atoms in total. The zero-order valence-corrected chi connectivity index (χ0v) is 14.9. The van der Waals surface area contributed by atoms with Crippen molar-refractivity contribution >= 4 is 28.8 Å². The predicted molar refractivity (Wildman–Crippen MR) is 93.1 cm³/mol. The predicted octanol–water partition coefficient (Wildman–Crippen LogP) is -0.975. The smallest absolute Gasteiger partial charge is 0.336 e. The van der Waals surface area contributed by atoms with Gasteiger partial charge in [-0.2, -0.15) is 0 Å². The summed E-state index contributed by atoms with van der Waals surface area (Å²) < 4.78 is 10.7. The van der Waals surface area contributed by atoms with Gasteiger partial charge in [-0.05, 0) is 31.0 Å². The maximum atomic E-state index is 11.8. The SMILES string of the molecule is CCc1cc(=O)oc2c(C)c(OCC(=O)NCC(=O)NCC(=O)[O-])ccc12. The number of aliphatic carboxylic acids is 1. The number of benzene rings is 1. The van der Waals surface area contributed by atoms with Gasteiger partial charge < -0.3 is 29.7 Å². The quantitative estimate of drug-likeness (QED) is 0.566. The zero-order valence-electron chi connectivity index (χ0n) is 14.9. The maximum absolute atomic E-state index is 11.8. The van der Waals surface area contributed by atoms with E-state index in [1.165, 1.54) is 6.07 Å². The van der Waals surface area contributed by atoms with E-state index in [0.717, 1.165) is 10.9 Å². The Kier molecular flexibility index (Phi) is 6.53. The standard InChI is InChI=1S/C18H20N2O7/c1-3-11-6-17(25)27-18-10(2)13(5-4-12(11)18)26-9-15(22)19-7-14(21)20-8-16(23)24/h4-6H,3,7-9H2,1-2H3,(H,19,22)(H,20,21)(H,23,24)/p-1. The first-order valence-corrected chi connectivity index (χ1v) is 8.24. The van der Waals surface area contributed by atoms with Crippen molar-refractivity contribution in [3.05, 3.63) is 39.7 Å². The molecule has 2 rings (SSSR count). The molecule has 0 radical (unpaired) electrons. The van der Waals surface area contributed by atoms with Gasteiger partial charge in [-0.15, -0.1) is 0 Å². The van der Waals surface area contributed by atoms with Crippen molar-refractivity contribution in [1.82, 2.24) is 10.6 Å². The van der Waals surface area contributed by atoms with E-state index in [1.54, 1.807) is 19.1 Å². The molecule has 0 spiro atoms. The van der Waals surface area contributed by atoms with Crippen molar-refractivity contribution in [1.29, 1.82) is 0 Å². The normalized spacial score (nSPS) is 10.4. The number of carbonyl (C=O) groups excluding carboxylic acids is 3. The molecule has 0 saturated heterocycles. The minimum absolute atomic E-state index is 0.363. The molecular formula is C18H19N2O7-. The number of hydrogen-bond donors (Lipinski definition) is 2. The highest BCUT2D eigenvalue weighted by molar-refractivity contribution is 5.87. The van der Waals surface area contributed by atoms with Crippen LogP contribution in [0.4, 0.5) is 0 Å². The summed E-state index contributed by atoms with van der Waals surface area (Å²) >= 11 is 0. The van der Waals surface area contributed by atoms with Crippen molar-refractivity contribution < 1.29 is 28.6 Å². The summed E-state index contributed by atoms with van der Waals surface area (Å²) in [6, 6.07) is 4.88. The summed E-state index contributed by atoms with van der Waals surface area (Å²) in [5.74, 6) is -2.29. The molecule has 144 valence electrons. The van der Waals surface area contributed by atoms with E-state index in [-0.39, 0.29) is 13.2 Å². The number of carbonyl (C=O) groups is 3. The largest absolute Gasteiger partial charge is 0.548 e. The maximum Gasteiger partial charge on any atom is 0.336 e. The van der Waals surface area contributed by atoms with Gasteiger partial charge >= 0.3 is 5.63 Å². The van der Waals surface area contributed by atoms with Crippen LogP contribution in [0.2, 0.25) is 0 Å². The Morgan fingerprint density at radius 2 is 1.85 bits per heavy atom. The van der Waals surface area contributed by atoms with Crippen LogP contribution in [0.3, 0.4) is 0 Å². The first-order chi connectivity index (χ1) is 12.8. The second-order valence-corrected chi connectivity index (χ2v) is 5.72. The Balaban J connectivity index is 1.99. The van der Waals surface area contributed by atoms with E-state index in [2.05, 4.69) is 10.6 Å². The van der Waals surface area contributed by atoms with Gasteiger partial charge in [0.25, 0.3) is 5.91 Å². The highest BCUT2D eigenvalue weighted by Gasteiger charge is 2.13. The van der Waals surface area contributed by atoms with E-state index < -0.39 is 30.0 Å². The lowest BCUT2D eigenvalue weighted by Crippen LogP contribution is -2.43. The van der Waals surface area contributed by atoms with Gasteiger partial charge in [0.1, 0.15) is 11.3 Å². The molecule has 0 aliphatic rings. The summed E-state index contributed by atoms with van der Waals surface area (Å²) in [6.45, 7) is 2.26. The number of nitrogens with one attached hydrogen (secondary N) is 2. The van der Waals surface area contributed by atoms with Crippen LogP contribution in [0.25, 0.3) is 11.0 Å². The Morgan fingerprint density at radius 1 is 1.15 bits per heavy atom. The number of carboxylic acid groups (broad SMARTS) is 1. The van der Waals surface area contributed by atoms with Crippen molar-refractivity contribution in [3.8, 4) is 5.75 Å². The third-order valence-electron chi connectivity index (χ3n) is 3.81. The van der Waals surface area contributed by atoms with Crippen LogP contribution in [0, 0.1) is 6.92 Å². The number of rotatable bonds is 8. The molecule has 2 N–H and O–H groups in total. The molecule has 0 saturated carbocycles. The third kappa shape index (κ3) is 5.30. The first kappa shape index (κ1) is 20.0. The van der Waals surface area contributed by atoms with E-state index >= 15 is 0 Å². The molecule has 0 atom stereocenters. The molecule has 2 aromatic rings. The van der Waals surface area contributed by atoms with Gasteiger partial charge in [-0.1, -0.05) is 6.92 Å². The number of amides is 2. The third-order valence-corrected chi connectivity index (χ3v) is 3.81. The van der Waals surface area contributed by atoms with Gasteiger partial charge in [0.2, 0.25) is 5.91 Å². The van der Waals surface area contributed by atoms with Crippen molar-refractivity contribution in [3.63, 3.8) is 0 Å². The van der Waals surface area contributed by atoms with Crippen LogP contribution in [-0.2, 0) is 20.8 Å². The average Bonchev–Trinajstić information content (AvgIpc) is 2.63. The zero-order chi connectivity index (χ0) is 20.0. The molecule has 0 aliphatic heterocycles. The fourth-order valence-corrected chi connectivity index (χ4v) is 2.46. The molecule has 1 heterocycles. The minimum Gasteiger partial charge on any atom is -0.548 e. The van der Waals surface area contributed by atoms with Gasteiger partial charge in [-0.25, -0.2) is 4.79 Å². The number of hydrogen-bond acceptors (Lipinski definition) is 7. The lowest BCUT2D eigenvalue weighted by Gasteiger charge is -2.12. The van der Waals surface area contributed by atoms with Crippen LogP contribution in [0.15, 0.2) is 27.4 Å². The Hall–Kier alpha value is -3.36. The van der Waals surface area contributed by atoms with Crippen LogP contribution in [-0.4, -0.2) is 37.5 Å². The number of carboxylic acids is 1. The minimum atomic E-state index is -1.43. The van der Waals surface area contributed by atoms with Gasteiger partial charge in [0.15, 0.2) is 6.61 Å². The summed E-state index contributed by atoms with van der Waals surface area (Å²) in [5.41, 5.74) is 1.38. The fourth-order valence-electron chi connectivity index (χ4n) is 2.46. The van der Waals surface area contributed by atoms with E-state index in [4.69, 9.17) is 9.15 Å². The number of fused-ring (bicyclic) bond motifs is 1. The fraction of sp³-hybridized carbons (Fsp3) is 0.333. The monoisotopic (exact) mass is 375 g/mol. The summed E-state index contributed by atoms with van der Waals surface area (Å²) in [4.78, 5) is 45.0. The summed E-state index contributed by atoms with van der Waals surface area (Å²) in [6.07, 6.45) is 0.671. The molecule has 0 aliphatic carbocycles. The number of ether oxygens (including phenoxy) is 1. The second-order valence-electron chi connectivity index (χ2n) is 5.72. The Bertz CT molecular complexity index is 933. The molecule has 27 heavy (non-hydrogen) atoms. The summed E-state index contributed by atoms with van der Waals surface area (Å²) in [5, 5.41) is 15.4. The van der Waals surface area contributed by atoms with Gasteiger partial charge in [0.05, 0.1) is 19.1 Å². The highest BCUT2D eigenvalue weighted by atomic mass is 16.5. The van der Waals surface area contributed by atoms with Gasteiger partial charge in [0, 0.05) is 17.0 Å². The Morgan fingerprint density at radius 3 is 2.52 bits per heavy atom. The van der Waals surface area contributed by atoms with Crippen LogP contribution < -0.4 is 26.1 Å². The van der Waals surface area contributed by atoms with Crippen molar-refractivity contribution in [2.24, 2.45) is 0 Å². The topological polar surface area (TPSA) is 138 Å². The average molecular weight is 375 g/mol. The number of aryl methyl sites for hydroxylation is 2. The lowest BCUT2D eigenvalue weighted by molar-refractivity contribution is -0.304. The van der Waals surface area contributed by atoms with E-state index in [0.29, 0.717) is 23.3 Å². The molecule has 1 aromatic heterocycles. The van der Waals surface area contributed by atoms with Gasteiger partial charge in [-0.3, -0.25) is 9.59 Å². The van der Waals surface area contributed by atoms with Crippen molar-refractivity contribution in [2.75, 3.05) is 19.7 Å². The molecule has 0 bridgehead atoms. The Labute approximate surface area is 154 Å². The molecule has 9 heteroatoms. The molecule has 0 unspecified atom stereocenters.